The summed E-state index contributed by atoms with van der Waals surface area (Å²) in [6, 6.07) is 5.52. The predicted molar refractivity (Wildman–Crippen MR) is 83.6 cm³/mol. The van der Waals surface area contributed by atoms with Gasteiger partial charge < -0.3 is 14.4 Å². The molecule has 23 heavy (non-hydrogen) atoms. The molecule has 2 aliphatic rings. The summed E-state index contributed by atoms with van der Waals surface area (Å²) < 4.78 is 23.8. The van der Waals surface area contributed by atoms with Crippen molar-refractivity contribution in [3.63, 3.8) is 0 Å². The third-order valence-corrected chi connectivity index (χ3v) is 5.64. The van der Waals surface area contributed by atoms with E-state index < -0.39 is 17.8 Å². The number of thioether (sulfide) groups is 1. The van der Waals surface area contributed by atoms with Crippen LogP contribution in [0.4, 0.5) is 4.39 Å². The monoisotopic (exact) mass is 339 g/mol. The number of fused-ring (bicyclic) bond motifs is 1. The fourth-order valence-corrected chi connectivity index (χ4v) is 4.36. The quantitative estimate of drug-likeness (QED) is 0.608. The van der Waals surface area contributed by atoms with E-state index in [-0.39, 0.29) is 29.7 Å². The largest absolute Gasteiger partial charge is 0.487 e. The van der Waals surface area contributed by atoms with E-state index in [4.69, 9.17) is 9.47 Å². The van der Waals surface area contributed by atoms with E-state index in [1.54, 1.807) is 28.8 Å². The lowest BCUT2D eigenvalue weighted by molar-refractivity contribution is -0.154. The SMILES string of the molecule is C[C@@]12CCC(=O)N1[C@@H](C(=O)OCCOc1ccccc1F)CS2. The highest BCUT2D eigenvalue weighted by molar-refractivity contribution is 8.01. The van der Waals surface area contributed by atoms with Crippen molar-refractivity contribution in [2.24, 2.45) is 0 Å². The minimum absolute atomic E-state index is 0.00190. The molecule has 0 aliphatic carbocycles. The van der Waals surface area contributed by atoms with Crippen LogP contribution in [0.2, 0.25) is 0 Å². The lowest BCUT2D eigenvalue weighted by atomic mass is 10.2. The summed E-state index contributed by atoms with van der Waals surface area (Å²) in [6.07, 6.45) is 1.24. The second-order valence-corrected chi connectivity index (χ2v) is 7.21. The number of hydrogen-bond donors (Lipinski definition) is 0. The van der Waals surface area contributed by atoms with E-state index >= 15 is 0 Å². The Balaban J connectivity index is 1.49. The van der Waals surface area contributed by atoms with Crippen LogP contribution in [0, 0.1) is 5.82 Å². The lowest BCUT2D eigenvalue weighted by Gasteiger charge is -2.29. The van der Waals surface area contributed by atoms with Gasteiger partial charge in [-0.2, -0.15) is 0 Å². The minimum Gasteiger partial charge on any atom is -0.487 e. The molecular formula is C16H18FNO4S. The van der Waals surface area contributed by atoms with Crippen molar-refractivity contribution in [1.82, 2.24) is 4.90 Å². The first-order chi connectivity index (χ1) is 11.0. The van der Waals surface area contributed by atoms with Gasteiger partial charge in [0.05, 0.1) is 4.87 Å². The number of esters is 1. The Labute approximate surface area is 138 Å². The summed E-state index contributed by atoms with van der Waals surface area (Å²) >= 11 is 1.62. The molecule has 1 aromatic carbocycles. The molecule has 0 spiro atoms. The molecule has 0 unspecified atom stereocenters. The van der Waals surface area contributed by atoms with Crippen molar-refractivity contribution in [3.8, 4) is 5.75 Å². The smallest absolute Gasteiger partial charge is 0.329 e. The standard InChI is InChI=1S/C16H18FNO4S/c1-16-7-6-14(19)18(16)12(10-23-16)15(20)22-9-8-21-13-5-3-2-4-11(13)17/h2-5,12H,6-10H2,1H3/t12-,16-/m1/s1. The van der Waals surface area contributed by atoms with Crippen molar-refractivity contribution in [2.75, 3.05) is 19.0 Å². The zero-order valence-corrected chi connectivity index (χ0v) is 13.6. The van der Waals surface area contributed by atoms with E-state index in [2.05, 4.69) is 0 Å². The van der Waals surface area contributed by atoms with Crippen LogP contribution in [-0.2, 0) is 14.3 Å². The molecule has 0 saturated carbocycles. The number of amides is 1. The molecule has 124 valence electrons. The number of benzene rings is 1. The summed E-state index contributed by atoms with van der Waals surface area (Å²) in [5.41, 5.74) is 0. The first-order valence-corrected chi connectivity index (χ1v) is 8.50. The molecule has 2 fully saturated rings. The van der Waals surface area contributed by atoms with Gasteiger partial charge in [0.1, 0.15) is 19.3 Å². The van der Waals surface area contributed by atoms with E-state index in [0.717, 1.165) is 6.42 Å². The number of carbonyl (C=O) groups excluding carboxylic acids is 2. The van der Waals surface area contributed by atoms with Gasteiger partial charge in [-0.1, -0.05) is 12.1 Å². The van der Waals surface area contributed by atoms with Gasteiger partial charge in [-0.25, -0.2) is 9.18 Å². The molecule has 2 saturated heterocycles. The van der Waals surface area contributed by atoms with Crippen molar-refractivity contribution in [2.45, 2.75) is 30.7 Å². The first kappa shape index (κ1) is 16.1. The third kappa shape index (κ3) is 3.15. The van der Waals surface area contributed by atoms with Crippen LogP contribution in [0.5, 0.6) is 5.75 Å². The molecular weight excluding hydrogens is 321 g/mol. The number of ether oxygens (including phenoxy) is 2. The highest BCUT2D eigenvalue weighted by Gasteiger charge is 2.53. The first-order valence-electron chi connectivity index (χ1n) is 7.51. The van der Waals surface area contributed by atoms with Crippen molar-refractivity contribution >= 4 is 23.6 Å². The average Bonchev–Trinajstić information content (AvgIpc) is 3.02. The zero-order chi connectivity index (χ0) is 16.4. The van der Waals surface area contributed by atoms with Crippen LogP contribution in [0.3, 0.4) is 0 Å². The fraction of sp³-hybridized carbons (Fsp3) is 0.500. The number of halogens is 1. The topological polar surface area (TPSA) is 55.8 Å². The Morgan fingerprint density at radius 2 is 2.22 bits per heavy atom. The van der Waals surface area contributed by atoms with E-state index in [0.29, 0.717) is 12.2 Å². The molecule has 2 heterocycles. The number of para-hydroxylation sites is 1. The number of nitrogens with zero attached hydrogens (tertiary/aromatic N) is 1. The predicted octanol–water partition coefficient (Wildman–Crippen LogP) is 2.20. The normalized spacial score (nSPS) is 26.3. The molecule has 7 heteroatoms. The lowest BCUT2D eigenvalue weighted by Crippen LogP contribution is -2.46. The molecule has 0 aromatic heterocycles. The highest BCUT2D eigenvalue weighted by atomic mass is 32.2. The molecule has 3 rings (SSSR count). The van der Waals surface area contributed by atoms with Gasteiger partial charge >= 0.3 is 5.97 Å². The van der Waals surface area contributed by atoms with Crippen LogP contribution in [0.15, 0.2) is 24.3 Å². The van der Waals surface area contributed by atoms with Gasteiger partial charge in [0.25, 0.3) is 0 Å². The van der Waals surface area contributed by atoms with Crippen molar-refractivity contribution < 1.29 is 23.5 Å². The number of carbonyl (C=O) groups is 2. The van der Waals surface area contributed by atoms with E-state index in [1.165, 1.54) is 12.1 Å². The van der Waals surface area contributed by atoms with Crippen LogP contribution in [0.1, 0.15) is 19.8 Å². The summed E-state index contributed by atoms with van der Waals surface area (Å²) in [7, 11) is 0. The maximum Gasteiger partial charge on any atom is 0.329 e. The van der Waals surface area contributed by atoms with Crippen LogP contribution >= 0.6 is 11.8 Å². The van der Waals surface area contributed by atoms with Crippen molar-refractivity contribution in [3.05, 3.63) is 30.1 Å². The molecule has 5 nitrogen and oxygen atoms in total. The molecule has 0 radical (unpaired) electrons. The summed E-state index contributed by atoms with van der Waals surface area (Å²) in [5.74, 6) is -0.197. The van der Waals surface area contributed by atoms with Gasteiger partial charge in [0.2, 0.25) is 5.91 Å². The molecule has 2 atom stereocenters. The van der Waals surface area contributed by atoms with Crippen LogP contribution < -0.4 is 4.74 Å². The Morgan fingerprint density at radius 1 is 1.43 bits per heavy atom. The highest BCUT2D eigenvalue weighted by Crippen LogP contribution is 2.47. The molecule has 1 aromatic rings. The van der Waals surface area contributed by atoms with Gasteiger partial charge in [-0.05, 0) is 25.5 Å². The maximum absolute atomic E-state index is 13.4. The molecule has 0 bridgehead atoms. The second kappa shape index (κ2) is 6.39. The zero-order valence-electron chi connectivity index (χ0n) is 12.8. The van der Waals surface area contributed by atoms with Crippen molar-refractivity contribution in [1.29, 1.82) is 0 Å². The van der Waals surface area contributed by atoms with Gasteiger partial charge in [-0.3, -0.25) is 4.79 Å². The molecule has 1 amide bonds. The third-order valence-electron chi connectivity index (χ3n) is 4.14. The van der Waals surface area contributed by atoms with Crippen LogP contribution in [-0.4, -0.2) is 46.7 Å². The van der Waals surface area contributed by atoms with Gasteiger partial charge in [-0.15, -0.1) is 11.8 Å². The summed E-state index contributed by atoms with van der Waals surface area (Å²) in [6.45, 7) is 2.07. The van der Waals surface area contributed by atoms with Crippen LogP contribution in [0.25, 0.3) is 0 Å². The maximum atomic E-state index is 13.4. The van der Waals surface area contributed by atoms with Gasteiger partial charge in [0, 0.05) is 12.2 Å². The fourth-order valence-electron chi connectivity index (χ4n) is 2.95. The molecule has 0 N–H and O–H groups in total. The Bertz CT molecular complexity index is 626. The Hall–Kier alpha value is -1.76. The van der Waals surface area contributed by atoms with E-state index in [9.17, 15) is 14.0 Å². The number of rotatable bonds is 5. The summed E-state index contributed by atoms with van der Waals surface area (Å²) in [4.78, 5) is 25.5. The average molecular weight is 339 g/mol. The minimum atomic E-state index is -0.534. The van der Waals surface area contributed by atoms with Gasteiger partial charge in [0.15, 0.2) is 11.6 Å². The molecule has 2 aliphatic heterocycles. The summed E-state index contributed by atoms with van der Waals surface area (Å²) in [5, 5.41) is 0. The number of hydrogen-bond acceptors (Lipinski definition) is 5. The second-order valence-electron chi connectivity index (χ2n) is 5.71. The Kier molecular flexibility index (Phi) is 4.48. The Morgan fingerprint density at radius 3 is 3.00 bits per heavy atom. The van der Waals surface area contributed by atoms with E-state index in [1.807, 2.05) is 6.92 Å².